The van der Waals surface area contributed by atoms with Crippen molar-refractivity contribution in [3.63, 3.8) is 0 Å². The molecule has 7 heteroatoms. The Balaban J connectivity index is 2.03. The fourth-order valence-corrected chi connectivity index (χ4v) is 4.08. The van der Waals surface area contributed by atoms with Crippen LogP contribution in [0.15, 0.2) is 0 Å². The topological polar surface area (TPSA) is 91.8 Å². The molecular formula is C11H17NO5S. The molecule has 2 rings (SSSR count). The van der Waals surface area contributed by atoms with Gasteiger partial charge in [0, 0.05) is 19.0 Å². The molecule has 2 aliphatic heterocycles. The molecule has 1 atom stereocenters. The largest absolute Gasteiger partial charge is 0.481 e. The molecule has 102 valence electrons. The van der Waals surface area contributed by atoms with Crippen molar-refractivity contribution >= 4 is 21.7 Å². The van der Waals surface area contributed by atoms with Gasteiger partial charge < -0.3 is 10.0 Å². The number of carboxylic acid groups (broad SMARTS) is 1. The minimum absolute atomic E-state index is 0.0446. The number of carbonyl (C=O) groups excluding carboxylic acids is 1. The number of hydrogen-bond donors (Lipinski definition) is 1. The Bertz CT molecular complexity index is 444. The summed E-state index contributed by atoms with van der Waals surface area (Å²) in [4.78, 5) is 24.3. The van der Waals surface area contributed by atoms with E-state index in [0.717, 1.165) is 0 Å². The molecule has 1 N–H and O–H groups in total. The average molecular weight is 275 g/mol. The van der Waals surface area contributed by atoms with E-state index in [1.807, 2.05) is 0 Å². The minimum Gasteiger partial charge on any atom is -0.481 e. The second-order valence-electron chi connectivity index (χ2n) is 5.00. The van der Waals surface area contributed by atoms with E-state index in [4.69, 9.17) is 5.11 Å². The number of rotatable bonds is 2. The standard InChI is InChI=1S/C11H17NO5S/c13-10-2-1-8(11(14)15)7-12(10)9-3-5-18(16,17)6-4-9/h8-9H,1-7H2,(H,14,15). The summed E-state index contributed by atoms with van der Waals surface area (Å²) in [5.74, 6) is -1.24. The first-order valence-corrected chi connectivity index (χ1v) is 7.94. The van der Waals surface area contributed by atoms with Gasteiger partial charge in [-0.3, -0.25) is 9.59 Å². The molecule has 0 bridgehead atoms. The third kappa shape index (κ3) is 2.82. The Hall–Kier alpha value is -1.11. The summed E-state index contributed by atoms with van der Waals surface area (Å²) >= 11 is 0. The van der Waals surface area contributed by atoms with Gasteiger partial charge in [0.05, 0.1) is 17.4 Å². The molecule has 2 saturated heterocycles. The summed E-state index contributed by atoms with van der Waals surface area (Å²) in [6.45, 7) is 0.221. The Morgan fingerprint density at radius 1 is 1.22 bits per heavy atom. The van der Waals surface area contributed by atoms with Crippen molar-refractivity contribution < 1.29 is 23.1 Å². The fourth-order valence-electron chi connectivity index (χ4n) is 2.62. The number of carboxylic acids is 1. The molecule has 0 saturated carbocycles. The second kappa shape index (κ2) is 4.87. The third-order valence-electron chi connectivity index (χ3n) is 3.76. The third-order valence-corrected chi connectivity index (χ3v) is 5.47. The number of sulfone groups is 1. The lowest BCUT2D eigenvalue weighted by Gasteiger charge is -2.38. The van der Waals surface area contributed by atoms with E-state index < -0.39 is 21.7 Å². The number of likely N-dealkylation sites (tertiary alicyclic amines) is 1. The van der Waals surface area contributed by atoms with Crippen LogP contribution in [0.5, 0.6) is 0 Å². The zero-order valence-corrected chi connectivity index (χ0v) is 10.9. The number of amides is 1. The molecule has 0 spiro atoms. The molecule has 1 unspecified atom stereocenters. The van der Waals surface area contributed by atoms with Crippen molar-refractivity contribution in [3.8, 4) is 0 Å². The fraction of sp³-hybridized carbons (Fsp3) is 0.818. The van der Waals surface area contributed by atoms with Crippen molar-refractivity contribution in [1.82, 2.24) is 4.90 Å². The number of carbonyl (C=O) groups is 2. The number of piperidine rings is 1. The molecule has 0 aliphatic carbocycles. The molecule has 0 aromatic heterocycles. The monoisotopic (exact) mass is 275 g/mol. The van der Waals surface area contributed by atoms with Crippen LogP contribution < -0.4 is 0 Å². The predicted octanol–water partition coefficient (Wildman–Crippen LogP) is -0.113. The SMILES string of the molecule is O=C(O)C1CCC(=O)N(C2CCS(=O)(=O)CC2)C1. The summed E-state index contributed by atoms with van der Waals surface area (Å²) in [6, 6.07) is -0.108. The van der Waals surface area contributed by atoms with Crippen LogP contribution in [0, 0.1) is 5.92 Å². The van der Waals surface area contributed by atoms with Crippen LogP contribution in [0.4, 0.5) is 0 Å². The lowest BCUT2D eigenvalue weighted by Crippen LogP contribution is -2.50. The highest BCUT2D eigenvalue weighted by Gasteiger charge is 2.36. The van der Waals surface area contributed by atoms with Gasteiger partial charge in [-0.25, -0.2) is 8.42 Å². The molecule has 2 heterocycles. The molecule has 0 radical (unpaired) electrons. The van der Waals surface area contributed by atoms with Crippen LogP contribution in [0.1, 0.15) is 25.7 Å². The normalized spacial score (nSPS) is 29.2. The molecule has 0 aromatic carbocycles. The van der Waals surface area contributed by atoms with Gasteiger partial charge in [-0.1, -0.05) is 0 Å². The first-order valence-electron chi connectivity index (χ1n) is 6.12. The molecule has 18 heavy (non-hydrogen) atoms. The number of nitrogens with zero attached hydrogens (tertiary/aromatic N) is 1. The van der Waals surface area contributed by atoms with Gasteiger partial charge >= 0.3 is 5.97 Å². The van der Waals surface area contributed by atoms with Crippen LogP contribution >= 0.6 is 0 Å². The summed E-state index contributed by atoms with van der Waals surface area (Å²) in [6.07, 6.45) is 1.50. The quantitative estimate of drug-likeness (QED) is 0.759. The Labute approximate surface area is 106 Å². The molecule has 2 aliphatic rings. The first kappa shape index (κ1) is 13.3. The van der Waals surface area contributed by atoms with Crippen LogP contribution in [-0.4, -0.2) is 54.4 Å². The lowest BCUT2D eigenvalue weighted by molar-refractivity contribution is -0.148. The molecule has 6 nitrogen and oxygen atoms in total. The lowest BCUT2D eigenvalue weighted by atomic mass is 9.95. The van der Waals surface area contributed by atoms with Crippen LogP contribution in [0.2, 0.25) is 0 Å². The zero-order chi connectivity index (χ0) is 13.3. The maximum Gasteiger partial charge on any atom is 0.308 e. The van der Waals surface area contributed by atoms with Crippen molar-refractivity contribution in [1.29, 1.82) is 0 Å². The van der Waals surface area contributed by atoms with Gasteiger partial charge in [-0.15, -0.1) is 0 Å². The molecular weight excluding hydrogens is 258 g/mol. The summed E-state index contributed by atoms with van der Waals surface area (Å²) < 4.78 is 22.7. The van der Waals surface area contributed by atoms with E-state index in [2.05, 4.69) is 0 Å². The molecule has 0 aromatic rings. The number of aliphatic carboxylic acids is 1. The second-order valence-corrected chi connectivity index (χ2v) is 7.31. The summed E-state index contributed by atoms with van der Waals surface area (Å²) in [7, 11) is -2.96. The van der Waals surface area contributed by atoms with Crippen molar-refractivity contribution in [2.45, 2.75) is 31.7 Å². The summed E-state index contributed by atoms with van der Waals surface area (Å²) in [5.41, 5.74) is 0. The maximum atomic E-state index is 11.8. The molecule has 2 fully saturated rings. The average Bonchev–Trinajstić information content (AvgIpc) is 2.30. The van der Waals surface area contributed by atoms with Crippen molar-refractivity contribution in [3.05, 3.63) is 0 Å². The van der Waals surface area contributed by atoms with E-state index in [1.54, 1.807) is 4.90 Å². The smallest absolute Gasteiger partial charge is 0.308 e. The van der Waals surface area contributed by atoms with Gasteiger partial charge in [0.1, 0.15) is 9.84 Å². The van der Waals surface area contributed by atoms with Crippen LogP contribution in [0.3, 0.4) is 0 Å². The van der Waals surface area contributed by atoms with Gasteiger partial charge in [-0.05, 0) is 19.3 Å². The van der Waals surface area contributed by atoms with E-state index >= 15 is 0 Å². The Morgan fingerprint density at radius 3 is 2.39 bits per heavy atom. The van der Waals surface area contributed by atoms with E-state index in [-0.39, 0.29) is 36.4 Å². The Morgan fingerprint density at radius 2 is 1.83 bits per heavy atom. The predicted molar refractivity (Wildman–Crippen MR) is 63.7 cm³/mol. The van der Waals surface area contributed by atoms with Gasteiger partial charge in [-0.2, -0.15) is 0 Å². The van der Waals surface area contributed by atoms with Crippen molar-refractivity contribution in [2.24, 2.45) is 5.92 Å². The first-order chi connectivity index (χ1) is 8.39. The highest BCUT2D eigenvalue weighted by molar-refractivity contribution is 7.91. The van der Waals surface area contributed by atoms with Gasteiger partial charge in [0.15, 0.2) is 0 Å². The summed E-state index contributed by atoms with van der Waals surface area (Å²) in [5, 5.41) is 8.99. The zero-order valence-electron chi connectivity index (χ0n) is 10.0. The van der Waals surface area contributed by atoms with E-state index in [1.165, 1.54) is 0 Å². The molecule has 1 amide bonds. The highest BCUT2D eigenvalue weighted by atomic mass is 32.2. The van der Waals surface area contributed by atoms with Crippen LogP contribution in [0.25, 0.3) is 0 Å². The Kier molecular flexibility index (Phi) is 3.61. The van der Waals surface area contributed by atoms with Gasteiger partial charge in [0.25, 0.3) is 0 Å². The van der Waals surface area contributed by atoms with E-state index in [9.17, 15) is 18.0 Å². The maximum absolute atomic E-state index is 11.8. The van der Waals surface area contributed by atoms with Crippen LogP contribution in [-0.2, 0) is 19.4 Å². The highest BCUT2D eigenvalue weighted by Crippen LogP contribution is 2.25. The number of hydrogen-bond acceptors (Lipinski definition) is 4. The van der Waals surface area contributed by atoms with Crippen molar-refractivity contribution in [2.75, 3.05) is 18.1 Å². The van der Waals surface area contributed by atoms with E-state index in [0.29, 0.717) is 19.3 Å². The van der Waals surface area contributed by atoms with Gasteiger partial charge in [0.2, 0.25) is 5.91 Å². The minimum atomic E-state index is -2.96.